The highest BCUT2D eigenvalue weighted by atomic mass is 19.1. The van der Waals surface area contributed by atoms with E-state index in [1.807, 2.05) is 11.0 Å². The quantitative estimate of drug-likeness (QED) is 0.411. The molecule has 1 aromatic heterocycles. The molecule has 8 nitrogen and oxygen atoms in total. The van der Waals surface area contributed by atoms with Gasteiger partial charge in [0.15, 0.2) is 0 Å². The Bertz CT molecular complexity index is 1160. The summed E-state index contributed by atoms with van der Waals surface area (Å²) in [5.74, 6) is 0.328. The Balaban J connectivity index is 1.32. The van der Waals surface area contributed by atoms with Gasteiger partial charge in [-0.1, -0.05) is 24.3 Å². The highest BCUT2D eigenvalue weighted by molar-refractivity contribution is 5.48. The molecular weight excluding hydrogens is 417 g/mol. The van der Waals surface area contributed by atoms with Crippen molar-refractivity contribution < 1.29 is 18.5 Å². The van der Waals surface area contributed by atoms with Crippen LogP contribution in [0.1, 0.15) is 11.3 Å². The molecule has 2 aromatic carbocycles. The number of ether oxygens (including phenoxy) is 1. The molecule has 9 heteroatoms. The molecule has 0 N–H and O–H groups in total. The van der Waals surface area contributed by atoms with Gasteiger partial charge in [-0.2, -0.15) is 0 Å². The molecular formula is C23H22FN3O5. The molecule has 1 saturated heterocycles. The number of piperazine rings is 1. The van der Waals surface area contributed by atoms with E-state index in [1.165, 1.54) is 30.5 Å². The number of nitro benzene ring substituents is 1. The van der Waals surface area contributed by atoms with Crippen LogP contribution >= 0.6 is 0 Å². The van der Waals surface area contributed by atoms with Crippen molar-refractivity contribution >= 4 is 11.4 Å². The Morgan fingerprint density at radius 3 is 2.56 bits per heavy atom. The molecule has 166 valence electrons. The topological polar surface area (TPSA) is 89.1 Å². The molecule has 0 aliphatic carbocycles. The molecule has 4 rings (SSSR count). The van der Waals surface area contributed by atoms with Crippen molar-refractivity contribution in [2.24, 2.45) is 0 Å². The third-order valence-corrected chi connectivity index (χ3v) is 5.31. The molecule has 0 atom stereocenters. The van der Waals surface area contributed by atoms with E-state index in [0.717, 1.165) is 0 Å². The first-order valence-electron chi connectivity index (χ1n) is 10.2. The summed E-state index contributed by atoms with van der Waals surface area (Å²) < 4.78 is 25.0. The summed E-state index contributed by atoms with van der Waals surface area (Å²) in [6, 6.07) is 14.2. The average molecular weight is 439 g/mol. The highest BCUT2D eigenvalue weighted by Gasteiger charge is 2.20. The summed E-state index contributed by atoms with van der Waals surface area (Å²) in [5, 5.41) is 10.9. The second-order valence-electron chi connectivity index (χ2n) is 7.51. The summed E-state index contributed by atoms with van der Waals surface area (Å²) in [7, 11) is 0. The zero-order valence-electron chi connectivity index (χ0n) is 17.3. The van der Waals surface area contributed by atoms with Gasteiger partial charge in [-0.3, -0.25) is 19.8 Å². The van der Waals surface area contributed by atoms with E-state index in [2.05, 4.69) is 4.90 Å². The van der Waals surface area contributed by atoms with Gasteiger partial charge in [0.2, 0.25) is 11.2 Å². The SMILES string of the molecule is O=c1cc(CN2CCN(c3ccccc3F)CC2)occ1OCc1cccc([N+](=O)[O-])c1. The Morgan fingerprint density at radius 2 is 1.84 bits per heavy atom. The minimum atomic E-state index is -0.483. The van der Waals surface area contributed by atoms with Crippen LogP contribution in [0.2, 0.25) is 0 Å². The third kappa shape index (κ3) is 5.12. The molecule has 0 unspecified atom stereocenters. The second kappa shape index (κ2) is 9.61. The van der Waals surface area contributed by atoms with Crippen LogP contribution in [-0.2, 0) is 13.2 Å². The lowest BCUT2D eigenvalue weighted by Gasteiger charge is -2.35. The normalized spacial score (nSPS) is 14.3. The number of benzene rings is 2. The van der Waals surface area contributed by atoms with Gasteiger partial charge < -0.3 is 14.1 Å². The Morgan fingerprint density at radius 1 is 1.06 bits per heavy atom. The van der Waals surface area contributed by atoms with Crippen LogP contribution in [0, 0.1) is 15.9 Å². The molecule has 1 fully saturated rings. The molecule has 0 saturated carbocycles. The van der Waals surface area contributed by atoms with E-state index < -0.39 is 4.92 Å². The van der Waals surface area contributed by atoms with Gasteiger partial charge in [0, 0.05) is 44.4 Å². The number of anilines is 1. The number of hydrogen-bond acceptors (Lipinski definition) is 7. The van der Waals surface area contributed by atoms with Crippen molar-refractivity contribution in [1.29, 1.82) is 0 Å². The largest absolute Gasteiger partial charge is 0.482 e. The van der Waals surface area contributed by atoms with E-state index >= 15 is 0 Å². The molecule has 1 aliphatic rings. The first-order chi connectivity index (χ1) is 15.5. The van der Waals surface area contributed by atoms with E-state index in [-0.39, 0.29) is 29.3 Å². The van der Waals surface area contributed by atoms with Crippen LogP contribution in [0.15, 0.2) is 70.1 Å². The van der Waals surface area contributed by atoms with Crippen molar-refractivity contribution in [3.8, 4) is 5.75 Å². The summed E-state index contributed by atoms with van der Waals surface area (Å²) in [6.45, 7) is 3.26. The van der Waals surface area contributed by atoms with Gasteiger partial charge in [-0.05, 0) is 17.7 Å². The van der Waals surface area contributed by atoms with Crippen molar-refractivity contribution in [1.82, 2.24) is 4.90 Å². The van der Waals surface area contributed by atoms with Crippen LogP contribution < -0.4 is 15.1 Å². The van der Waals surface area contributed by atoms with Crippen LogP contribution in [0.25, 0.3) is 0 Å². The Labute approximate surface area is 183 Å². The molecule has 0 bridgehead atoms. The lowest BCUT2D eigenvalue weighted by Crippen LogP contribution is -2.46. The van der Waals surface area contributed by atoms with Crippen LogP contribution in [0.3, 0.4) is 0 Å². The first kappa shape index (κ1) is 21.5. The lowest BCUT2D eigenvalue weighted by atomic mass is 10.2. The van der Waals surface area contributed by atoms with E-state index in [4.69, 9.17) is 9.15 Å². The van der Waals surface area contributed by atoms with Crippen LogP contribution in [0.4, 0.5) is 15.8 Å². The van der Waals surface area contributed by atoms with Crippen molar-refractivity contribution in [3.63, 3.8) is 0 Å². The monoisotopic (exact) mass is 439 g/mol. The minimum Gasteiger partial charge on any atom is -0.482 e. The maximum Gasteiger partial charge on any atom is 0.269 e. The number of halogens is 1. The van der Waals surface area contributed by atoms with E-state index in [1.54, 1.807) is 24.3 Å². The third-order valence-electron chi connectivity index (χ3n) is 5.31. The summed E-state index contributed by atoms with van der Waals surface area (Å²) in [6.07, 6.45) is 1.27. The van der Waals surface area contributed by atoms with Gasteiger partial charge >= 0.3 is 0 Å². The first-order valence-corrected chi connectivity index (χ1v) is 10.2. The maximum absolute atomic E-state index is 14.0. The fraction of sp³-hybridized carbons (Fsp3) is 0.261. The van der Waals surface area contributed by atoms with Crippen molar-refractivity contribution in [2.75, 3.05) is 31.1 Å². The number of hydrogen-bond donors (Lipinski definition) is 0. The van der Waals surface area contributed by atoms with Crippen molar-refractivity contribution in [2.45, 2.75) is 13.2 Å². The summed E-state index contributed by atoms with van der Waals surface area (Å²) in [5.41, 5.74) is 0.824. The summed E-state index contributed by atoms with van der Waals surface area (Å²) >= 11 is 0. The molecule has 0 amide bonds. The zero-order valence-corrected chi connectivity index (χ0v) is 17.3. The van der Waals surface area contributed by atoms with Gasteiger partial charge in [0.05, 0.1) is 17.2 Å². The number of non-ortho nitro benzene ring substituents is 1. The number of nitro groups is 1. The predicted molar refractivity (Wildman–Crippen MR) is 116 cm³/mol. The fourth-order valence-electron chi connectivity index (χ4n) is 3.62. The smallest absolute Gasteiger partial charge is 0.269 e. The molecule has 32 heavy (non-hydrogen) atoms. The lowest BCUT2D eigenvalue weighted by molar-refractivity contribution is -0.384. The van der Waals surface area contributed by atoms with Crippen LogP contribution in [0.5, 0.6) is 5.75 Å². The standard InChI is InChI=1S/C23H22FN3O5/c24-20-6-1-2-7-21(20)26-10-8-25(9-11-26)14-19-13-22(28)23(16-31-19)32-15-17-4-3-5-18(12-17)27(29)30/h1-7,12-13,16H,8-11,14-15H2. The maximum atomic E-state index is 14.0. The highest BCUT2D eigenvalue weighted by Crippen LogP contribution is 2.21. The average Bonchev–Trinajstić information content (AvgIpc) is 2.80. The number of rotatable bonds is 7. The van der Waals surface area contributed by atoms with Gasteiger partial charge in [0.1, 0.15) is 24.4 Å². The van der Waals surface area contributed by atoms with E-state index in [9.17, 15) is 19.3 Å². The van der Waals surface area contributed by atoms with Gasteiger partial charge in [-0.25, -0.2) is 4.39 Å². The minimum absolute atomic E-state index is 0.0177. The molecule has 0 radical (unpaired) electrons. The second-order valence-corrected chi connectivity index (χ2v) is 7.51. The Hall–Kier alpha value is -3.72. The fourth-order valence-corrected chi connectivity index (χ4v) is 3.62. The van der Waals surface area contributed by atoms with Gasteiger partial charge in [0.25, 0.3) is 5.69 Å². The van der Waals surface area contributed by atoms with Gasteiger partial charge in [-0.15, -0.1) is 0 Å². The Kier molecular flexibility index (Phi) is 6.46. The predicted octanol–water partition coefficient (Wildman–Crippen LogP) is 3.59. The molecule has 3 aromatic rings. The molecule has 1 aliphatic heterocycles. The zero-order chi connectivity index (χ0) is 22.5. The van der Waals surface area contributed by atoms with Crippen molar-refractivity contribution in [3.05, 3.63) is 98.3 Å². The molecule has 0 spiro atoms. The van der Waals surface area contributed by atoms with Crippen LogP contribution in [-0.4, -0.2) is 36.0 Å². The molecule has 2 heterocycles. The number of para-hydroxylation sites is 1. The van der Waals surface area contributed by atoms with E-state index in [0.29, 0.717) is 49.7 Å². The number of nitrogens with zero attached hydrogens (tertiary/aromatic N) is 3. The summed E-state index contributed by atoms with van der Waals surface area (Å²) in [4.78, 5) is 26.9.